The molecular weight excluding hydrogens is 146 g/mol. The van der Waals surface area contributed by atoms with E-state index in [0.717, 1.165) is 6.04 Å². The second-order valence-corrected chi connectivity index (χ2v) is 3.52. The fourth-order valence-electron chi connectivity index (χ4n) is 1.94. The maximum Gasteiger partial charge on any atom is 0.0368 e. The van der Waals surface area contributed by atoms with E-state index in [0.29, 0.717) is 0 Å². The lowest BCUT2D eigenvalue weighted by molar-refractivity contribution is 0.735. The van der Waals surface area contributed by atoms with E-state index >= 15 is 0 Å². The van der Waals surface area contributed by atoms with Crippen molar-refractivity contribution in [2.24, 2.45) is 0 Å². The summed E-state index contributed by atoms with van der Waals surface area (Å²) in [5.74, 6) is 0. The molecule has 1 nitrogen and oxygen atoms in total. The second kappa shape index (κ2) is 3.18. The van der Waals surface area contributed by atoms with E-state index in [1.165, 1.54) is 25.1 Å². The minimum absolute atomic E-state index is 0.729. The number of benzene rings is 1. The summed E-state index contributed by atoms with van der Waals surface area (Å²) in [5.41, 5.74) is 1.38. The van der Waals surface area contributed by atoms with Crippen molar-refractivity contribution in [3.63, 3.8) is 0 Å². The quantitative estimate of drug-likeness (QED) is 0.612. The van der Waals surface area contributed by atoms with Gasteiger partial charge in [-0.3, -0.25) is 0 Å². The summed E-state index contributed by atoms with van der Waals surface area (Å²) in [6.45, 7) is 3.53. The summed E-state index contributed by atoms with van der Waals surface area (Å²) in [6.07, 6.45) is 2.69. The van der Waals surface area contributed by atoms with Gasteiger partial charge in [0.25, 0.3) is 0 Å². The SMILES string of the molecule is CC1CCCN1c1ccccc1. The predicted molar refractivity (Wildman–Crippen MR) is 52.5 cm³/mol. The van der Waals surface area contributed by atoms with Crippen molar-refractivity contribution in [1.82, 2.24) is 0 Å². The van der Waals surface area contributed by atoms with Crippen molar-refractivity contribution in [1.29, 1.82) is 0 Å². The van der Waals surface area contributed by atoms with Crippen LogP contribution in [0.25, 0.3) is 0 Å². The normalized spacial score (nSPS) is 23.1. The Kier molecular flexibility index (Phi) is 2.03. The van der Waals surface area contributed by atoms with Crippen LogP contribution < -0.4 is 4.90 Å². The van der Waals surface area contributed by atoms with Gasteiger partial charge in [0.15, 0.2) is 0 Å². The molecule has 1 saturated heterocycles. The first-order valence-corrected chi connectivity index (χ1v) is 4.69. The topological polar surface area (TPSA) is 3.24 Å². The van der Waals surface area contributed by atoms with Crippen LogP contribution in [-0.4, -0.2) is 12.6 Å². The highest BCUT2D eigenvalue weighted by atomic mass is 15.2. The van der Waals surface area contributed by atoms with Gasteiger partial charge in [0.1, 0.15) is 0 Å². The van der Waals surface area contributed by atoms with Gasteiger partial charge < -0.3 is 4.90 Å². The molecule has 0 aromatic heterocycles. The van der Waals surface area contributed by atoms with Crippen molar-refractivity contribution in [2.75, 3.05) is 11.4 Å². The summed E-state index contributed by atoms with van der Waals surface area (Å²) in [5, 5.41) is 0. The van der Waals surface area contributed by atoms with Gasteiger partial charge in [0.2, 0.25) is 0 Å². The molecule has 1 atom stereocenters. The van der Waals surface area contributed by atoms with E-state index in [1.54, 1.807) is 0 Å². The van der Waals surface area contributed by atoms with E-state index in [1.807, 2.05) is 0 Å². The fraction of sp³-hybridized carbons (Fsp3) is 0.455. The van der Waals surface area contributed by atoms with Crippen molar-refractivity contribution >= 4 is 5.69 Å². The lowest BCUT2D eigenvalue weighted by Gasteiger charge is -2.23. The minimum atomic E-state index is 0.729. The number of anilines is 1. The molecule has 0 saturated carbocycles. The molecule has 1 aliphatic heterocycles. The fourth-order valence-corrected chi connectivity index (χ4v) is 1.94. The van der Waals surface area contributed by atoms with Gasteiger partial charge in [-0.05, 0) is 31.9 Å². The molecule has 1 aromatic rings. The largest absolute Gasteiger partial charge is 0.369 e. The Bertz CT molecular complexity index is 242. The lowest BCUT2D eigenvalue weighted by atomic mass is 10.2. The Morgan fingerprint density at radius 3 is 2.58 bits per heavy atom. The van der Waals surface area contributed by atoms with E-state index in [9.17, 15) is 0 Å². The van der Waals surface area contributed by atoms with Gasteiger partial charge in [-0.1, -0.05) is 18.2 Å². The lowest BCUT2D eigenvalue weighted by Crippen LogP contribution is -2.25. The molecule has 1 unspecified atom stereocenters. The van der Waals surface area contributed by atoms with Crippen LogP contribution in [0.1, 0.15) is 19.8 Å². The second-order valence-electron chi connectivity index (χ2n) is 3.52. The van der Waals surface area contributed by atoms with Crippen molar-refractivity contribution in [2.45, 2.75) is 25.8 Å². The van der Waals surface area contributed by atoms with Crippen molar-refractivity contribution < 1.29 is 0 Å². The Morgan fingerprint density at radius 1 is 1.25 bits per heavy atom. The third kappa shape index (κ3) is 1.31. The Morgan fingerprint density at radius 2 is 2.00 bits per heavy atom. The summed E-state index contributed by atoms with van der Waals surface area (Å²) < 4.78 is 0. The Balaban J connectivity index is 2.19. The Labute approximate surface area is 74.0 Å². The number of rotatable bonds is 1. The zero-order valence-electron chi connectivity index (χ0n) is 7.53. The molecule has 1 aliphatic rings. The molecule has 0 aliphatic carbocycles. The van der Waals surface area contributed by atoms with E-state index in [4.69, 9.17) is 0 Å². The molecule has 1 aromatic carbocycles. The van der Waals surface area contributed by atoms with E-state index < -0.39 is 0 Å². The molecular formula is C11H15N. The van der Waals surface area contributed by atoms with Crippen LogP contribution in [-0.2, 0) is 0 Å². The number of hydrogen-bond acceptors (Lipinski definition) is 1. The smallest absolute Gasteiger partial charge is 0.0368 e. The van der Waals surface area contributed by atoms with Crippen molar-refractivity contribution in [3.05, 3.63) is 30.3 Å². The molecule has 0 spiro atoms. The standard InChI is InChI=1S/C11H15N/c1-10-6-5-9-12(10)11-7-3-2-4-8-11/h2-4,7-8,10H,5-6,9H2,1H3. The first-order valence-electron chi connectivity index (χ1n) is 4.69. The van der Waals surface area contributed by atoms with Crippen LogP contribution in [0, 0.1) is 0 Å². The highest BCUT2D eigenvalue weighted by Gasteiger charge is 2.19. The Hall–Kier alpha value is -0.980. The van der Waals surface area contributed by atoms with Gasteiger partial charge in [0, 0.05) is 18.3 Å². The summed E-state index contributed by atoms with van der Waals surface area (Å²) in [4.78, 5) is 2.49. The third-order valence-electron chi connectivity index (χ3n) is 2.64. The molecule has 1 heteroatoms. The molecule has 2 rings (SSSR count). The van der Waals surface area contributed by atoms with Gasteiger partial charge in [-0.2, -0.15) is 0 Å². The zero-order chi connectivity index (χ0) is 8.39. The van der Waals surface area contributed by atoms with E-state index in [2.05, 4.69) is 42.2 Å². The summed E-state index contributed by atoms with van der Waals surface area (Å²) in [7, 11) is 0. The first kappa shape index (κ1) is 7.66. The molecule has 0 amide bonds. The van der Waals surface area contributed by atoms with Gasteiger partial charge in [-0.15, -0.1) is 0 Å². The molecule has 0 radical (unpaired) electrons. The van der Waals surface area contributed by atoms with Crippen LogP contribution >= 0.6 is 0 Å². The van der Waals surface area contributed by atoms with Gasteiger partial charge in [0.05, 0.1) is 0 Å². The molecule has 0 bridgehead atoms. The average Bonchev–Trinajstić information content (AvgIpc) is 2.53. The van der Waals surface area contributed by atoms with Crippen LogP contribution in [0.15, 0.2) is 30.3 Å². The average molecular weight is 161 g/mol. The summed E-state index contributed by atoms with van der Waals surface area (Å²) in [6, 6.07) is 11.4. The maximum absolute atomic E-state index is 2.49. The van der Waals surface area contributed by atoms with Gasteiger partial charge >= 0.3 is 0 Å². The molecule has 1 fully saturated rings. The molecule has 12 heavy (non-hydrogen) atoms. The number of nitrogens with zero attached hydrogens (tertiary/aromatic N) is 1. The molecule has 0 N–H and O–H groups in total. The van der Waals surface area contributed by atoms with Crippen LogP contribution in [0.2, 0.25) is 0 Å². The van der Waals surface area contributed by atoms with Gasteiger partial charge in [-0.25, -0.2) is 0 Å². The van der Waals surface area contributed by atoms with Crippen molar-refractivity contribution in [3.8, 4) is 0 Å². The molecule has 64 valence electrons. The first-order chi connectivity index (χ1) is 5.88. The van der Waals surface area contributed by atoms with Crippen LogP contribution in [0.4, 0.5) is 5.69 Å². The maximum atomic E-state index is 2.49. The predicted octanol–water partition coefficient (Wildman–Crippen LogP) is 2.68. The van der Waals surface area contributed by atoms with Crippen LogP contribution in [0.3, 0.4) is 0 Å². The molecule has 1 heterocycles. The summed E-state index contributed by atoms with van der Waals surface area (Å²) >= 11 is 0. The number of para-hydroxylation sites is 1. The zero-order valence-corrected chi connectivity index (χ0v) is 7.53. The highest BCUT2D eigenvalue weighted by Crippen LogP contribution is 2.24. The third-order valence-corrected chi connectivity index (χ3v) is 2.64. The highest BCUT2D eigenvalue weighted by molar-refractivity contribution is 5.47. The van der Waals surface area contributed by atoms with E-state index in [-0.39, 0.29) is 0 Å². The monoisotopic (exact) mass is 161 g/mol. The van der Waals surface area contributed by atoms with Crippen LogP contribution in [0.5, 0.6) is 0 Å². The minimum Gasteiger partial charge on any atom is -0.369 e. The number of hydrogen-bond donors (Lipinski definition) is 0.